The molecule has 0 fully saturated rings. The van der Waals surface area contributed by atoms with E-state index in [1.54, 1.807) is 0 Å². The van der Waals surface area contributed by atoms with Crippen LogP contribution in [0.25, 0.3) is 0 Å². The fourth-order valence-corrected chi connectivity index (χ4v) is 4.14. The molecular weight excluding hydrogens is 472 g/mol. The fraction of sp³-hybridized carbons (Fsp3) is 0.750. The zero-order valence-corrected chi connectivity index (χ0v) is 20.6. The summed E-state index contributed by atoms with van der Waals surface area (Å²) in [6.07, 6.45) is 8.75. The number of thioether (sulfide) groups is 2. The zero-order valence-electron chi connectivity index (χ0n) is 19.0. The van der Waals surface area contributed by atoms with Crippen LogP contribution in [0.4, 0.5) is 0 Å². The van der Waals surface area contributed by atoms with Crippen molar-refractivity contribution in [3.8, 4) is 0 Å². The number of rotatable bonds is 19. The molecule has 0 aliphatic rings. The van der Waals surface area contributed by atoms with Crippen molar-refractivity contribution in [3.63, 3.8) is 0 Å². The lowest BCUT2D eigenvalue weighted by Crippen LogP contribution is -2.49. The first-order valence-electron chi connectivity index (χ1n) is 10.8. The number of hydrogen-bond donors (Lipinski definition) is 6. The Labute approximate surface area is 202 Å². The van der Waals surface area contributed by atoms with Crippen molar-refractivity contribution in [2.24, 2.45) is 10.9 Å². The number of carbonyl (C=O) groups is 4. The van der Waals surface area contributed by atoms with Crippen LogP contribution in [0.2, 0.25) is 0 Å². The third-order valence-electron chi connectivity index (χ3n) is 4.58. The van der Waals surface area contributed by atoms with Crippen LogP contribution in [0, 0.1) is 0 Å². The van der Waals surface area contributed by atoms with Gasteiger partial charge >= 0.3 is 11.9 Å². The van der Waals surface area contributed by atoms with E-state index in [2.05, 4.69) is 22.0 Å². The molecule has 33 heavy (non-hydrogen) atoms. The van der Waals surface area contributed by atoms with Gasteiger partial charge in [0.25, 0.3) is 0 Å². The minimum absolute atomic E-state index is 0.0241. The van der Waals surface area contributed by atoms with E-state index in [0.29, 0.717) is 11.5 Å². The number of carboxylic acid groups (broad SMARTS) is 2. The summed E-state index contributed by atoms with van der Waals surface area (Å²) in [7, 11) is 0. The summed E-state index contributed by atoms with van der Waals surface area (Å²) in [6.45, 7) is -0.613. The van der Waals surface area contributed by atoms with Crippen LogP contribution >= 0.6 is 23.5 Å². The Kier molecular flexibility index (Phi) is 18.3. The van der Waals surface area contributed by atoms with Crippen molar-refractivity contribution >= 4 is 52.3 Å². The number of carbonyl (C=O) groups excluding carboxylic acids is 2. The summed E-state index contributed by atoms with van der Waals surface area (Å²) < 4.78 is 0. The minimum atomic E-state index is -1.24. The molecule has 7 N–H and O–H groups in total. The Morgan fingerprint density at radius 3 is 2.21 bits per heavy atom. The number of unbranched alkanes of at least 4 members (excludes halogenated alkanes) is 5. The van der Waals surface area contributed by atoms with Crippen LogP contribution in [0.1, 0.15) is 57.8 Å². The number of nitrogens with two attached hydrogens (primary N) is 1. The molecule has 0 spiro atoms. The quantitative estimate of drug-likeness (QED) is 0.0489. The maximum absolute atomic E-state index is 12.3. The second kappa shape index (κ2) is 19.5. The second-order valence-electron chi connectivity index (χ2n) is 7.38. The maximum atomic E-state index is 12.3. The normalized spacial score (nSPS) is 13.2. The van der Waals surface area contributed by atoms with Crippen LogP contribution in [-0.2, 0) is 19.2 Å². The number of oxime groups is 1. The third kappa shape index (κ3) is 17.2. The molecule has 11 nitrogen and oxygen atoms in total. The summed E-state index contributed by atoms with van der Waals surface area (Å²) in [5.74, 6) is -2.58. The van der Waals surface area contributed by atoms with Gasteiger partial charge in [-0.1, -0.05) is 30.8 Å². The van der Waals surface area contributed by atoms with E-state index in [9.17, 15) is 24.4 Å². The van der Waals surface area contributed by atoms with Gasteiger partial charge in [0.05, 0.1) is 0 Å². The highest BCUT2D eigenvalue weighted by Crippen LogP contribution is 2.15. The smallest absolute Gasteiger partial charge is 0.322 e. The van der Waals surface area contributed by atoms with Gasteiger partial charge in [-0.25, -0.2) is 0 Å². The highest BCUT2D eigenvalue weighted by Gasteiger charge is 2.23. The Balaban J connectivity index is 4.60. The Bertz CT molecular complexity index is 650. The van der Waals surface area contributed by atoms with E-state index >= 15 is 0 Å². The first-order valence-corrected chi connectivity index (χ1v) is 13.2. The van der Waals surface area contributed by atoms with E-state index in [1.165, 1.54) is 18.6 Å². The van der Waals surface area contributed by atoms with Gasteiger partial charge in [-0.3, -0.25) is 19.2 Å². The van der Waals surface area contributed by atoms with Gasteiger partial charge in [0.2, 0.25) is 11.8 Å². The number of amides is 2. The van der Waals surface area contributed by atoms with Crippen LogP contribution in [0.5, 0.6) is 0 Å². The van der Waals surface area contributed by atoms with Crippen molar-refractivity contribution < 1.29 is 34.6 Å². The lowest BCUT2D eigenvalue weighted by molar-refractivity contribution is -0.139. The van der Waals surface area contributed by atoms with E-state index in [0.717, 1.165) is 37.4 Å². The standard InChI is InChI=1S/C20H36N4O7S2/c1-32-11-7-5-3-2-4-6-8-17(24-31)33-13-15(19(28)22-12-18(26)27)23-16(25)10-9-14(21)20(29)30/h14-15,31H,2-13,21H2,1H3,(H,22,28)(H,23,25)(H,26,27)(H,29,30)/b24-17+/t14-,15-/m0/s1. The number of nitrogens with one attached hydrogen (secondary N) is 2. The molecule has 0 aromatic heterocycles. The highest BCUT2D eigenvalue weighted by molar-refractivity contribution is 8.14. The number of aliphatic carboxylic acids is 2. The molecule has 0 unspecified atom stereocenters. The maximum Gasteiger partial charge on any atom is 0.322 e. The van der Waals surface area contributed by atoms with Crippen molar-refractivity contribution in [2.75, 3.05) is 24.3 Å². The summed E-state index contributed by atoms with van der Waals surface area (Å²) in [5, 5.41) is 35.2. The zero-order chi connectivity index (χ0) is 25.1. The molecule has 0 saturated heterocycles. The molecule has 190 valence electrons. The molecular formula is C20H36N4O7S2. The topological polar surface area (TPSA) is 191 Å². The highest BCUT2D eigenvalue weighted by atomic mass is 32.2. The van der Waals surface area contributed by atoms with E-state index in [-0.39, 0.29) is 18.6 Å². The molecule has 13 heteroatoms. The van der Waals surface area contributed by atoms with Crippen molar-refractivity contribution in [1.82, 2.24) is 10.6 Å². The minimum Gasteiger partial charge on any atom is -0.480 e. The van der Waals surface area contributed by atoms with Crippen LogP contribution in [0.15, 0.2) is 5.16 Å². The Morgan fingerprint density at radius 2 is 1.64 bits per heavy atom. The van der Waals surface area contributed by atoms with Gasteiger partial charge in [-0.15, -0.1) is 11.8 Å². The van der Waals surface area contributed by atoms with Gasteiger partial charge in [0.15, 0.2) is 0 Å². The summed E-state index contributed by atoms with van der Waals surface area (Å²) in [4.78, 5) is 45.9. The average molecular weight is 509 g/mol. The lowest BCUT2D eigenvalue weighted by Gasteiger charge is -2.18. The number of nitrogens with zero attached hydrogens (tertiary/aromatic N) is 1. The van der Waals surface area contributed by atoms with Crippen LogP contribution in [-0.4, -0.2) is 80.6 Å². The predicted molar refractivity (Wildman–Crippen MR) is 130 cm³/mol. The number of hydrogen-bond acceptors (Lipinski definition) is 9. The molecule has 0 rings (SSSR count). The molecule has 2 atom stereocenters. The van der Waals surface area contributed by atoms with Gasteiger partial charge < -0.3 is 31.8 Å². The molecule has 2 amide bonds. The van der Waals surface area contributed by atoms with Gasteiger partial charge in [-0.05, 0) is 37.7 Å². The first kappa shape index (κ1) is 31.0. The van der Waals surface area contributed by atoms with Crippen molar-refractivity contribution in [1.29, 1.82) is 0 Å². The molecule has 0 bridgehead atoms. The van der Waals surface area contributed by atoms with E-state index < -0.39 is 42.4 Å². The molecule has 0 aliphatic carbocycles. The van der Waals surface area contributed by atoms with Crippen molar-refractivity contribution in [3.05, 3.63) is 0 Å². The van der Waals surface area contributed by atoms with E-state index in [4.69, 9.17) is 15.9 Å². The molecule has 0 heterocycles. The van der Waals surface area contributed by atoms with Gasteiger partial charge in [0.1, 0.15) is 23.7 Å². The number of carboxylic acids is 2. The largest absolute Gasteiger partial charge is 0.480 e. The molecule has 0 radical (unpaired) electrons. The monoisotopic (exact) mass is 508 g/mol. The summed E-state index contributed by atoms with van der Waals surface area (Å²) >= 11 is 2.93. The summed E-state index contributed by atoms with van der Waals surface area (Å²) in [5.41, 5.74) is 5.38. The molecule has 0 aliphatic heterocycles. The average Bonchev–Trinajstić information content (AvgIpc) is 2.78. The van der Waals surface area contributed by atoms with Gasteiger partial charge in [0, 0.05) is 12.2 Å². The van der Waals surface area contributed by atoms with Crippen LogP contribution in [0.3, 0.4) is 0 Å². The Hall–Kier alpha value is -1.99. The fourth-order valence-electron chi connectivity index (χ4n) is 2.71. The summed E-state index contributed by atoms with van der Waals surface area (Å²) in [6, 6.07) is -2.29. The second-order valence-corrected chi connectivity index (χ2v) is 9.46. The van der Waals surface area contributed by atoms with Crippen LogP contribution < -0.4 is 16.4 Å². The lowest BCUT2D eigenvalue weighted by atomic mass is 10.1. The SMILES string of the molecule is CSCCCCCCCC/C(=N\O)SC[C@H](NC(=O)CC[C@H](N)C(=O)O)C(=O)NCC(=O)O. The van der Waals surface area contributed by atoms with E-state index in [1.807, 2.05) is 11.8 Å². The third-order valence-corrected chi connectivity index (χ3v) is 6.40. The predicted octanol–water partition coefficient (Wildman–Crippen LogP) is 1.48. The molecule has 0 aromatic rings. The van der Waals surface area contributed by atoms with Gasteiger partial charge in [-0.2, -0.15) is 11.8 Å². The molecule has 0 saturated carbocycles. The first-order chi connectivity index (χ1) is 15.7. The molecule has 0 aromatic carbocycles. The van der Waals surface area contributed by atoms with Crippen molar-refractivity contribution in [2.45, 2.75) is 69.9 Å². The Morgan fingerprint density at radius 1 is 1.00 bits per heavy atom.